The van der Waals surface area contributed by atoms with E-state index in [9.17, 15) is 4.79 Å². The van der Waals surface area contributed by atoms with Gasteiger partial charge in [0.15, 0.2) is 0 Å². The van der Waals surface area contributed by atoms with E-state index in [1.165, 1.54) is 10.9 Å². The van der Waals surface area contributed by atoms with E-state index < -0.39 is 0 Å². The number of pyridine rings is 1. The Balaban J connectivity index is 1.51. The Morgan fingerprint density at radius 2 is 1.81 bits per heavy atom. The topological polar surface area (TPSA) is 89.8 Å². The van der Waals surface area contributed by atoms with Crippen LogP contribution in [0.3, 0.4) is 0 Å². The molecule has 1 fully saturated rings. The highest BCUT2D eigenvalue weighted by molar-refractivity contribution is 5.85. The molecule has 0 radical (unpaired) electrons. The minimum Gasteiger partial charge on any atom is -0.398 e. The molecular weight excluding hydrogens is 346 g/mol. The maximum Gasteiger partial charge on any atom is 0.299 e. The van der Waals surface area contributed by atoms with Gasteiger partial charge < -0.3 is 19.9 Å². The first-order valence-corrected chi connectivity index (χ1v) is 9.00. The number of methoxy groups -OCH3 is 1. The standard InChI is InChI=1S/C19H23N5O3/c1-26-13-12-22-8-10-23(11-9-22)14-2-4-15(5-3-14)24-19(25)17-16(20)6-7-21-18(17)27-24/h2-7H,8-13H2,1H3,(H2,20,21). The van der Waals surface area contributed by atoms with Crippen molar-refractivity contribution in [1.29, 1.82) is 0 Å². The van der Waals surface area contributed by atoms with E-state index in [-0.39, 0.29) is 11.3 Å². The van der Waals surface area contributed by atoms with E-state index in [1.54, 1.807) is 13.2 Å². The number of hydrogen-bond acceptors (Lipinski definition) is 7. The SMILES string of the molecule is COCCN1CCN(c2ccc(-n3oc4nccc(N)c4c3=O)cc2)CC1. The number of benzene rings is 1. The highest BCUT2D eigenvalue weighted by atomic mass is 16.5. The Morgan fingerprint density at radius 1 is 1.11 bits per heavy atom. The lowest BCUT2D eigenvalue weighted by Gasteiger charge is -2.36. The maximum atomic E-state index is 12.6. The fourth-order valence-electron chi connectivity index (χ4n) is 3.39. The number of fused-ring (bicyclic) bond motifs is 1. The summed E-state index contributed by atoms with van der Waals surface area (Å²) in [5.41, 5.74) is 7.99. The first-order chi connectivity index (χ1) is 13.2. The van der Waals surface area contributed by atoms with Crippen LogP contribution in [-0.2, 0) is 4.74 Å². The van der Waals surface area contributed by atoms with Gasteiger partial charge in [0.1, 0.15) is 5.39 Å². The van der Waals surface area contributed by atoms with E-state index in [0.717, 1.165) is 45.0 Å². The molecule has 0 amide bonds. The zero-order valence-corrected chi connectivity index (χ0v) is 15.3. The molecule has 1 aliphatic heterocycles. The van der Waals surface area contributed by atoms with E-state index in [0.29, 0.717) is 16.8 Å². The van der Waals surface area contributed by atoms with Crippen molar-refractivity contribution in [3.63, 3.8) is 0 Å². The fraction of sp³-hybridized carbons (Fsp3) is 0.368. The normalized spacial score (nSPS) is 15.5. The van der Waals surface area contributed by atoms with Crippen molar-refractivity contribution in [3.05, 3.63) is 46.9 Å². The minimum absolute atomic E-state index is 0.247. The molecule has 27 heavy (non-hydrogen) atoms. The van der Waals surface area contributed by atoms with E-state index >= 15 is 0 Å². The monoisotopic (exact) mass is 369 g/mol. The van der Waals surface area contributed by atoms with Crippen molar-refractivity contribution < 1.29 is 9.26 Å². The Hall–Kier alpha value is -2.84. The Morgan fingerprint density at radius 3 is 2.48 bits per heavy atom. The third-order valence-electron chi connectivity index (χ3n) is 4.96. The summed E-state index contributed by atoms with van der Waals surface area (Å²) in [6.45, 7) is 5.69. The van der Waals surface area contributed by atoms with Gasteiger partial charge in [-0.15, -0.1) is 4.74 Å². The Labute approximate surface area is 156 Å². The molecule has 1 saturated heterocycles. The summed E-state index contributed by atoms with van der Waals surface area (Å²) >= 11 is 0. The molecule has 1 aliphatic rings. The molecule has 2 N–H and O–H groups in total. The zero-order chi connectivity index (χ0) is 18.8. The number of rotatable bonds is 5. The molecule has 0 atom stereocenters. The minimum atomic E-state index is -0.296. The van der Waals surface area contributed by atoms with E-state index in [1.807, 2.05) is 24.3 Å². The number of nitrogen functional groups attached to an aromatic ring is 1. The molecule has 142 valence electrons. The fourth-order valence-corrected chi connectivity index (χ4v) is 3.39. The average molecular weight is 369 g/mol. The van der Waals surface area contributed by atoms with Crippen molar-refractivity contribution in [2.24, 2.45) is 0 Å². The van der Waals surface area contributed by atoms with Gasteiger partial charge in [-0.1, -0.05) is 0 Å². The number of nitrogens with zero attached hydrogens (tertiary/aromatic N) is 4. The summed E-state index contributed by atoms with van der Waals surface area (Å²) in [7, 11) is 1.73. The lowest BCUT2D eigenvalue weighted by atomic mass is 10.2. The molecule has 3 aromatic rings. The van der Waals surface area contributed by atoms with Crippen LogP contribution in [0.4, 0.5) is 11.4 Å². The average Bonchev–Trinajstić information content (AvgIpc) is 3.05. The van der Waals surface area contributed by atoms with Gasteiger partial charge in [-0.25, -0.2) is 4.98 Å². The third kappa shape index (κ3) is 3.41. The molecule has 0 bridgehead atoms. The summed E-state index contributed by atoms with van der Waals surface area (Å²) in [5.74, 6) is 0. The lowest BCUT2D eigenvalue weighted by molar-refractivity contribution is 0.144. The summed E-state index contributed by atoms with van der Waals surface area (Å²) in [6, 6.07) is 9.38. The molecule has 0 unspecified atom stereocenters. The summed E-state index contributed by atoms with van der Waals surface area (Å²) < 4.78 is 12.0. The highest BCUT2D eigenvalue weighted by Crippen LogP contribution is 2.21. The van der Waals surface area contributed by atoms with Gasteiger partial charge in [-0.2, -0.15) is 0 Å². The van der Waals surface area contributed by atoms with Gasteiger partial charge in [-0.05, 0) is 30.3 Å². The van der Waals surface area contributed by atoms with Crippen LogP contribution in [0.5, 0.6) is 0 Å². The van der Waals surface area contributed by atoms with Crippen molar-refractivity contribution in [3.8, 4) is 5.69 Å². The number of anilines is 2. The van der Waals surface area contributed by atoms with Gasteiger partial charge in [-0.3, -0.25) is 9.69 Å². The summed E-state index contributed by atoms with van der Waals surface area (Å²) in [4.78, 5) is 21.4. The van der Waals surface area contributed by atoms with Crippen LogP contribution in [-0.4, -0.2) is 61.1 Å². The second-order valence-electron chi connectivity index (χ2n) is 6.61. The number of aromatic nitrogens is 2. The molecular formula is C19H23N5O3. The number of ether oxygens (including phenoxy) is 1. The second-order valence-corrected chi connectivity index (χ2v) is 6.61. The third-order valence-corrected chi connectivity index (χ3v) is 4.96. The molecule has 0 aliphatic carbocycles. The maximum absolute atomic E-state index is 12.6. The molecule has 4 rings (SSSR count). The van der Waals surface area contributed by atoms with Crippen LogP contribution >= 0.6 is 0 Å². The Kier molecular flexibility index (Phi) is 4.83. The van der Waals surface area contributed by atoms with Crippen LogP contribution in [0.25, 0.3) is 16.8 Å². The molecule has 3 heterocycles. The predicted molar refractivity (Wildman–Crippen MR) is 105 cm³/mol. The smallest absolute Gasteiger partial charge is 0.299 e. The summed E-state index contributed by atoms with van der Waals surface area (Å²) in [5, 5.41) is 0.314. The first-order valence-electron chi connectivity index (χ1n) is 9.00. The number of hydrogen-bond donors (Lipinski definition) is 1. The zero-order valence-electron chi connectivity index (χ0n) is 15.3. The predicted octanol–water partition coefficient (Wildman–Crippen LogP) is 1.33. The first kappa shape index (κ1) is 17.6. The van der Waals surface area contributed by atoms with Gasteiger partial charge >= 0.3 is 0 Å². The largest absolute Gasteiger partial charge is 0.398 e. The van der Waals surface area contributed by atoms with Crippen LogP contribution < -0.4 is 16.2 Å². The van der Waals surface area contributed by atoms with E-state index in [4.69, 9.17) is 15.0 Å². The van der Waals surface area contributed by atoms with Crippen molar-refractivity contribution in [2.75, 3.05) is 57.1 Å². The van der Waals surface area contributed by atoms with Gasteiger partial charge in [0, 0.05) is 51.7 Å². The highest BCUT2D eigenvalue weighted by Gasteiger charge is 2.18. The Bertz CT molecular complexity index is 971. The van der Waals surface area contributed by atoms with E-state index in [2.05, 4.69) is 14.8 Å². The molecule has 0 spiro atoms. The molecule has 8 nitrogen and oxygen atoms in total. The van der Waals surface area contributed by atoms with Crippen LogP contribution in [0.15, 0.2) is 45.8 Å². The van der Waals surface area contributed by atoms with Crippen LogP contribution in [0, 0.1) is 0 Å². The van der Waals surface area contributed by atoms with Gasteiger partial charge in [0.2, 0.25) is 0 Å². The van der Waals surface area contributed by atoms with Gasteiger partial charge in [0.25, 0.3) is 11.3 Å². The quantitative estimate of drug-likeness (QED) is 0.726. The number of piperazine rings is 1. The molecule has 2 aromatic heterocycles. The van der Waals surface area contributed by atoms with Crippen LogP contribution in [0.2, 0.25) is 0 Å². The second kappa shape index (κ2) is 7.42. The summed E-state index contributed by atoms with van der Waals surface area (Å²) in [6.07, 6.45) is 1.53. The van der Waals surface area contributed by atoms with Crippen molar-refractivity contribution in [2.45, 2.75) is 0 Å². The molecule has 1 aromatic carbocycles. The lowest BCUT2D eigenvalue weighted by Crippen LogP contribution is -2.47. The molecule has 8 heteroatoms. The van der Waals surface area contributed by atoms with Crippen LogP contribution in [0.1, 0.15) is 0 Å². The van der Waals surface area contributed by atoms with Crippen molar-refractivity contribution in [1.82, 2.24) is 14.6 Å². The number of nitrogens with two attached hydrogens (primary N) is 1. The van der Waals surface area contributed by atoms with Crippen molar-refractivity contribution >= 4 is 22.5 Å². The van der Waals surface area contributed by atoms with Gasteiger partial charge in [0.05, 0.1) is 18.0 Å². The molecule has 0 saturated carbocycles.